The molecular weight excluding hydrogens is 276 g/mol. The minimum Gasteiger partial charge on any atom is -0.394 e. The van der Waals surface area contributed by atoms with Gasteiger partial charge in [0.15, 0.2) is 0 Å². The van der Waals surface area contributed by atoms with Crippen LogP contribution in [0.25, 0.3) is 0 Å². The normalized spacial score (nSPS) is 11.2. The van der Waals surface area contributed by atoms with Gasteiger partial charge >= 0.3 is 0 Å². The highest BCUT2D eigenvalue weighted by Gasteiger charge is 2.30. The molecule has 1 amide bonds. The van der Waals surface area contributed by atoms with E-state index < -0.39 is 35.3 Å². The first-order valence-corrected chi connectivity index (χ1v) is 5.69. The predicted octanol–water partition coefficient (Wildman–Crippen LogP) is 0.721. The first kappa shape index (κ1) is 15.4. The molecule has 0 heterocycles. The summed E-state index contributed by atoms with van der Waals surface area (Å²) in [6, 6.07) is 3.85. The van der Waals surface area contributed by atoms with Crippen molar-refractivity contribution < 1.29 is 19.9 Å². The van der Waals surface area contributed by atoms with Gasteiger partial charge in [-0.1, -0.05) is 17.7 Å². The van der Waals surface area contributed by atoms with E-state index in [1.54, 1.807) is 0 Å². The molecule has 1 aromatic carbocycles. The van der Waals surface area contributed by atoms with Crippen LogP contribution in [0, 0.1) is 10.1 Å². The molecule has 0 spiro atoms. The number of carbonyl (C=O) groups is 1. The second-order valence-electron chi connectivity index (χ2n) is 4.22. The van der Waals surface area contributed by atoms with Crippen LogP contribution in [0.2, 0.25) is 5.02 Å². The summed E-state index contributed by atoms with van der Waals surface area (Å²) in [7, 11) is 0. The third-order valence-electron chi connectivity index (χ3n) is 2.53. The van der Waals surface area contributed by atoms with Crippen LogP contribution >= 0.6 is 11.6 Å². The molecule has 1 aromatic rings. The molecular formula is C11H13ClN2O5. The Morgan fingerprint density at radius 2 is 2.05 bits per heavy atom. The lowest BCUT2D eigenvalue weighted by Gasteiger charge is -2.26. The number of hydrogen-bond donors (Lipinski definition) is 3. The number of amides is 1. The van der Waals surface area contributed by atoms with Crippen molar-refractivity contribution >= 4 is 23.2 Å². The molecule has 0 saturated carbocycles. The Bertz CT molecular complexity index is 502. The molecule has 3 N–H and O–H groups in total. The van der Waals surface area contributed by atoms with E-state index in [2.05, 4.69) is 5.32 Å². The molecule has 0 bridgehead atoms. The Balaban J connectivity index is 3.16. The lowest BCUT2D eigenvalue weighted by atomic mass is 10.0. The second kappa shape index (κ2) is 5.96. The lowest BCUT2D eigenvalue weighted by Crippen LogP contribution is -2.51. The summed E-state index contributed by atoms with van der Waals surface area (Å²) in [5.74, 6) is -0.831. The van der Waals surface area contributed by atoms with Gasteiger partial charge in [-0.3, -0.25) is 14.9 Å². The molecule has 0 atom stereocenters. The van der Waals surface area contributed by atoms with Gasteiger partial charge in [-0.2, -0.15) is 0 Å². The van der Waals surface area contributed by atoms with Crippen LogP contribution in [-0.2, 0) is 0 Å². The molecule has 0 aliphatic rings. The molecule has 8 heteroatoms. The van der Waals surface area contributed by atoms with E-state index in [-0.39, 0.29) is 10.6 Å². The maximum Gasteiger partial charge on any atom is 0.283 e. The topological polar surface area (TPSA) is 113 Å². The van der Waals surface area contributed by atoms with Crippen molar-refractivity contribution in [1.82, 2.24) is 5.32 Å². The number of nitrogens with zero attached hydrogens (tertiary/aromatic N) is 1. The molecule has 0 fully saturated rings. The minimum absolute atomic E-state index is 0.0788. The van der Waals surface area contributed by atoms with Crippen molar-refractivity contribution in [2.45, 2.75) is 12.5 Å². The van der Waals surface area contributed by atoms with Crippen LogP contribution in [0.4, 0.5) is 5.69 Å². The largest absolute Gasteiger partial charge is 0.394 e. The van der Waals surface area contributed by atoms with E-state index in [0.29, 0.717) is 0 Å². The molecule has 7 nitrogen and oxygen atoms in total. The zero-order valence-corrected chi connectivity index (χ0v) is 10.8. The molecule has 104 valence electrons. The van der Waals surface area contributed by atoms with Crippen molar-refractivity contribution in [1.29, 1.82) is 0 Å². The van der Waals surface area contributed by atoms with E-state index in [4.69, 9.17) is 21.8 Å². The summed E-state index contributed by atoms with van der Waals surface area (Å²) in [4.78, 5) is 22.1. The van der Waals surface area contributed by atoms with E-state index in [1.165, 1.54) is 19.1 Å². The molecule has 0 saturated heterocycles. The number of nitrogens with one attached hydrogen (secondary N) is 1. The number of halogens is 1. The van der Waals surface area contributed by atoms with Gasteiger partial charge in [-0.25, -0.2) is 0 Å². The first-order chi connectivity index (χ1) is 8.84. The van der Waals surface area contributed by atoms with E-state index in [1.807, 2.05) is 0 Å². The van der Waals surface area contributed by atoms with Crippen LogP contribution in [0.5, 0.6) is 0 Å². The van der Waals surface area contributed by atoms with Gasteiger partial charge < -0.3 is 15.5 Å². The smallest absolute Gasteiger partial charge is 0.283 e. The number of rotatable bonds is 5. The third kappa shape index (κ3) is 3.40. The Morgan fingerprint density at radius 1 is 1.47 bits per heavy atom. The number of nitro groups is 1. The van der Waals surface area contributed by atoms with Gasteiger partial charge in [0.25, 0.3) is 11.6 Å². The number of hydrogen-bond acceptors (Lipinski definition) is 5. The molecule has 0 unspecified atom stereocenters. The Hall–Kier alpha value is -1.70. The highest BCUT2D eigenvalue weighted by Crippen LogP contribution is 2.26. The maximum absolute atomic E-state index is 12.0. The summed E-state index contributed by atoms with van der Waals surface area (Å²) >= 11 is 5.79. The molecule has 0 aromatic heterocycles. The number of aliphatic hydroxyl groups is 2. The summed E-state index contributed by atoms with van der Waals surface area (Å²) in [5, 5.41) is 31.3. The Morgan fingerprint density at radius 3 is 2.53 bits per heavy atom. The van der Waals surface area contributed by atoms with Crippen LogP contribution in [-0.4, -0.2) is 39.8 Å². The van der Waals surface area contributed by atoms with Gasteiger partial charge in [0, 0.05) is 6.07 Å². The van der Waals surface area contributed by atoms with Crippen molar-refractivity contribution in [2.75, 3.05) is 13.2 Å². The molecule has 19 heavy (non-hydrogen) atoms. The van der Waals surface area contributed by atoms with Crippen LogP contribution in [0.3, 0.4) is 0 Å². The van der Waals surface area contributed by atoms with Gasteiger partial charge in [-0.15, -0.1) is 0 Å². The monoisotopic (exact) mass is 288 g/mol. The van der Waals surface area contributed by atoms with Crippen molar-refractivity contribution in [3.8, 4) is 0 Å². The number of benzene rings is 1. The molecule has 1 rings (SSSR count). The highest BCUT2D eigenvalue weighted by molar-refractivity contribution is 6.34. The standard InChI is InChI=1S/C11H13ClN2O5/c1-11(5-15,6-16)13-10(17)9-7(12)3-2-4-8(9)14(18)19/h2-4,15-16H,5-6H2,1H3,(H,13,17). The highest BCUT2D eigenvalue weighted by atomic mass is 35.5. The zero-order valence-electron chi connectivity index (χ0n) is 10.1. The Kier molecular flexibility index (Phi) is 4.82. The molecule has 0 aliphatic heterocycles. The first-order valence-electron chi connectivity index (χ1n) is 5.32. The second-order valence-corrected chi connectivity index (χ2v) is 4.63. The van der Waals surface area contributed by atoms with E-state index in [9.17, 15) is 14.9 Å². The van der Waals surface area contributed by atoms with Gasteiger partial charge in [0.05, 0.1) is 28.7 Å². The lowest BCUT2D eigenvalue weighted by molar-refractivity contribution is -0.385. The zero-order chi connectivity index (χ0) is 14.6. The minimum atomic E-state index is -1.29. The number of carbonyl (C=O) groups excluding carboxylic acids is 1. The van der Waals surface area contributed by atoms with E-state index >= 15 is 0 Å². The fraction of sp³-hybridized carbons (Fsp3) is 0.364. The predicted molar refractivity (Wildman–Crippen MR) is 68.1 cm³/mol. The van der Waals surface area contributed by atoms with Gasteiger partial charge in [0.1, 0.15) is 5.56 Å². The summed E-state index contributed by atoms with van der Waals surface area (Å²) < 4.78 is 0. The van der Waals surface area contributed by atoms with Crippen LogP contribution in [0.15, 0.2) is 18.2 Å². The van der Waals surface area contributed by atoms with Crippen molar-refractivity contribution in [3.63, 3.8) is 0 Å². The van der Waals surface area contributed by atoms with Crippen LogP contribution in [0.1, 0.15) is 17.3 Å². The summed E-state index contributed by atoms with van der Waals surface area (Å²) in [6.45, 7) is 0.356. The fourth-order valence-corrected chi connectivity index (χ4v) is 1.61. The third-order valence-corrected chi connectivity index (χ3v) is 2.84. The van der Waals surface area contributed by atoms with Crippen LogP contribution < -0.4 is 5.32 Å². The summed E-state index contributed by atoms with van der Waals surface area (Å²) in [6.07, 6.45) is 0. The van der Waals surface area contributed by atoms with Crippen molar-refractivity contribution in [2.24, 2.45) is 0 Å². The molecule has 0 radical (unpaired) electrons. The quantitative estimate of drug-likeness (QED) is 0.546. The number of aliphatic hydroxyl groups excluding tert-OH is 2. The maximum atomic E-state index is 12.0. The summed E-state index contributed by atoms with van der Waals surface area (Å²) in [5.41, 5.74) is -2.03. The van der Waals surface area contributed by atoms with Crippen molar-refractivity contribution in [3.05, 3.63) is 38.9 Å². The Labute approximate surface area is 114 Å². The van der Waals surface area contributed by atoms with E-state index in [0.717, 1.165) is 6.07 Å². The van der Waals surface area contributed by atoms with Gasteiger partial charge in [-0.05, 0) is 13.0 Å². The number of nitro benzene ring substituents is 1. The molecule has 0 aliphatic carbocycles. The SMILES string of the molecule is CC(CO)(CO)NC(=O)c1c(Cl)cccc1[N+](=O)[O-]. The fourth-order valence-electron chi connectivity index (χ4n) is 1.36. The average molecular weight is 289 g/mol. The van der Waals surface area contributed by atoms with Gasteiger partial charge in [0.2, 0.25) is 0 Å². The average Bonchev–Trinajstić information content (AvgIpc) is 2.37.